The number of nitrogens with zero attached hydrogens (tertiary/aromatic N) is 2. The minimum Gasteiger partial charge on any atom is -0.483 e. The van der Waals surface area contributed by atoms with E-state index in [1.165, 1.54) is 0 Å². The lowest BCUT2D eigenvalue weighted by Gasteiger charge is -2.47. The lowest BCUT2D eigenvalue weighted by atomic mass is 9.79. The lowest BCUT2D eigenvalue weighted by Crippen LogP contribution is -2.60. The second-order valence-electron chi connectivity index (χ2n) is 6.36. The van der Waals surface area contributed by atoms with Gasteiger partial charge in [0.1, 0.15) is 5.60 Å². The van der Waals surface area contributed by atoms with Gasteiger partial charge in [0, 0.05) is 19.5 Å². The Balaban J connectivity index is 0.00000105. The summed E-state index contributed by atoms with van der Waals surface area (Å²) in [6.45, 7) is 0.561. The number of piperidine rings is 1. The molecule has 0 saturated carbocycles. The molecule has 0 aromatic heterocycles. The molecule has 2 atom stereocenters. The Morgan fingerprint density at radius 1 is 1.27 bits per heavy atom. The summed E-state index contributed by atoms with van der Waals surface area (Å²) in [5.74, 6) is -1.14. The number of hydrogen-bond donors (Lipinski definition) is 3. The second kappa shape index (κ2) is 9.88. The highest BCUT2D eigenvalue weighted by atomic mass is 16.4. The first kappa shape index (κ1) is 21.6. The van der Waals surface area contributed by atoms with Crippen molar-refractivity contribution in [3.05, 3.63) is 35.9 Å². The van der Waals surface area contributed by atoms with Crippen molar-refractivity contribution in [1.82, 2.24) is 9.80 Å². The van der Waals surface area contributed by atoms with Crippen molar-refractivity contribution in [2.75, 3.05) is 27.2 Å². The summed E-state index contributed by atoms with van der Waals surface area (Å²) in [5.41, 5.74) is -0.176. The largest absolute Gasteiger partial charge is 0.483 e. The van der Waals surface area contributed by atoms with Gasteiger partial charge in [-0.2, -0.15) is 0 Å². The molecule has 0 aliphatic carbocycles. The number of likely N-dealkylation sites (tertiary alicyclic amines) is 1. The molecule has 0 spiro atoms. The summed E-state index contributed by atoms with van der Waals surface area (Å²) < 4.78 is 0. The predicted octanol–water partition coefficient (Wildman–Crippen LogP) is 0.602. The zero-order valence-corrected chi connectivity index (χ0v) is 15.0. The third kappa shape index (κ3) is 5.53. The molecule has 8 nitrogen and oxygen atoms in total. The first-order valence-corrected chi connectivity index (χ1v) is 8.28. The van der Waals surface area contributed by atoms with Crippen molar-refractivity contribution < 1.29 is 29.7 Å². The maximum atomic E-state index is 12.2. The van der Waals surface area contributed by atoms with Gasteiger partial charge in [-0.25, -0.2) is 0 Å². The second-order valence-corrected chi connectivity index (χ2v) is 6.36. The molecule has 1 heterocycles. The van der Waals surface area contributed by atoms with E-state index >= 15 is 0 Å². The number of hydrogen-bond acceptors (Lipinski definition) is 5. The predicted molar refractivity (Wildman–Crippen MR) is 94.6 cm³/mol. The van der Waals surface area contributed by atoms with E-state index < -0.39 is 11.6 Å². The van der Waals surface area contributed by atoms with Crippen LogP contribution in [0.4, 0.5) is 0 Å². The highest BCUT2D eigenvalue weighted by Gasteiger charge is 2.44. The van der Waals surface area contributed by atoms with E-state index in [9.17, 15) is 14.7 Å². The van der Waals surface area contributed by atoms with Crippen LogP contribution in [0.3, 0.4) is 0 Å². The highest BCUT2D eigenvalue weighted by Crippen LogP contribution is 2.35. The van der Waals surface area contributed by atoms with Crippen LogP contribution >= 0.6 is 0 Å². The van der Waals surface area contributed by atoms with E-state index in [-0.39, 0.29) is 31.3 Å². The van der Waals surface area contributed by atoms with Gasteiger partial charge < -0.3 is 25.1 Å². The van der Waals surface area contributed by atoms with Crippen molar-refractivity contribution in [2.24, 2.45) is 0 Å². The minimum absolute atomic E-state index is 0.000747. The van der Waals surface area contributed by atoms with Crippen LogP contribution in [0.5, 0.6) is 0 Å². The fourth-order valence-electron chi connectivity index (χ4n) is 3.18. The number of aliphatic hydroxyl groups is 1. The zero-order valence-electron chi connectivity index (χ0n) is 15.0. The van der Waals surface area contributed by atoms with Crippen LogP contribution < -0.4 is 0 Å². The number of carboxylic acids is 1. The average Bonchev–Trinajstić information content (AvgIpc) is 2.61. The molecule has 2 rings (SSSR count). The van der Waals surface area contributed by atoms with Gasteiger partial charge in [0.15, 0.2) is 0 Å². The Bertz CT molecular complexity index is 607. The van der Waals surface area contributed by atoms with Crippen LogP contribution in [-0.4, -0.2) is 76.7 Å². The van der Waals surface area contributed by atoms with E-state index in [0.717, 1.165) is 5.56 Å². The van der Waals surface area contributed by atoms with Gasteiger partial charge in [-0.3, -0.25) is 14.4 Å². The number of aliphatic carboxylic acids is 1. The monoisotopic (exact) mass is 366 g/mol. The van der Waals surface area contributed by atoms with Crippen LogP contribution in [-0.2, 0) is 20.0 Å². The molecule has 1 aromatic carbocycles. The smallest absolute Gasteiger partial charge is 0.303 e. The summed E-state index contributed by atoms with van der Waals surface area (Å²) in [4.78, 5) is 34.7. The van der Waals surface area contributed by atoms with Gasteiger partial charge in [0.2, 0.25) is 5.91 Å². The third-order valence-corrected chi connectivity index (χ3v) is 4.51. The van der Waals surface area contributed by atoms with Crippen LogP contribution in [0.2, 0.25) is 0 Å². The molecule has 1 saturated heterocycles. The van der Waals surface area contributed by atoms with Gasteiger partial charge >= 0.3 is 5.97 Å². The van der Waals surface area contributed by atoms with E-state index in [1.54, 1.807) is 4.90 Å². The van der Waals surface area contributed by atoms with E-state index in [1.807, 2.05) is 49.3 Å². The van der Waals surface area contributed by atoms with Crippen molar-refractivity contribution in [3.63, 3.8) is 0 Å². The number of carbonyl (C=O) groups excluding carboxylic acids is 1. The average molecular weight is 366 g/mol. The standard InChI is InChI=1S/C17H24N2O4.CH2O2/c1-18(2)14-12-19(15(20)8-9-16(21)22)11-10-17(14,23)13-6-4-3-5-7-13;2-1-3/h3-7,14,23H,8-12H2,1-2H3,(H,21,22);1H,(H,2,3)/t14-,17+;/m1./s1. The first-order valence-electron chi connectivity index (χ1n) is 8.28. The van der Waals surface area contributed by atoms with Gasteiger partial charge in [-0.1, -0.05) is 30.3 Å². The number of carboxylic acid groups (broad SMARTS) is 2. The first-order chi connectivity index (χ1) is 12.3. The minimum atomic E-state index is -1.02. The summed E-state index contributed by atoms with van der Waals surface area (Å²) in [6.07, 6.45) is 0.267. The molecular weight excluding hydrogens is 340 g/mol. The van der Waals surface area contributed by atoms with Crippen LogP contribution in [0, 0.1) is 0 Å². The maximum Gasteiger partial charge on any atom is 0.303 e. The number of rotatable bonds is 5. The van der Waals surface area contributed by atoms with E-state index in [0.29, 0.717) is 19.5 Å². The SMILES string of the molecule is CN(C)[C@@H]1CN(C(=O)CCC(=O)O)CC[C@]1(O)c1ccccc1.O=CO. The molecule has 1 fully saturated rings. The van der Waals surface area contributed by atoms with Crippen LogP contribution in [0.25, 0.3) is 0 Å². The maximum absolute atomic E-state index is 12.2. The molecule has 26 heavy (non-hydrogen) atoms. The molecule has 0 radical (unpaired) electrons. The fourth-order valence-corrected chi connectivity index (χ4v) is 3.18. The van der Waals surface area contributed by atoms with Crippen molar-refractivity contribution in [3.8, 4) is 0 Å². The zero-order chi connectivity index (χ0) is 19.7. The van der Waals surface area contributed by atoms with Gasteiger partial charge in [-0.05, 0) is 26.1 Å². The van der Waals surface area contributed by atoms with Gasteiger partial charge in [0.25, 0.3) is 6.47 Å². The number of carbonyl (C=O) groups is 3. The summed E-state index contributed by atoms with van der Waals surface area (Å²) >= 11 is 0. The van der Waals surface area contributed by atoms with Crippen LogP contribution in [0.1, 0.15) is 24.8 Å². The lowest BCUT2D eigenvalue weighted by molar-refractivity contribution is -0.146. The fraction of sp³-hybridized carbons (Fsp3) is 0.500. The number of likely N-dealkylation sites (N-methyl/N-ethyl adjacent to an activating group) is 1. The van der Waals surface area contributed by atoms with Crippen molar-refractivity contribution >= 4 is 18.3 Å². The van der Waals surface area contributed by atoms with Crippen molar-refractivity contribution in [2.45, 2.75) is 30.9 Å². The Morgan fingerprint density at radius 3 is 2.35 bits per heavy atom. The number of benzene rings is 1. The Kier molecular flexibility index (Phi) is 8.21. The summed E-state index contributed by atoms with van der Waals surface area (Å²) in [5, 5.41) is 26.8. The van der Waals surface area contributed by atoms with Crippen LogP contribution in [0.15, 0.2) is 30.3 Å². The van der Waals surface area contributed by atoms with E-state index in [4.69, 9.17) is 15.0 Å². The molecular formula is C18H26N2O6. The molecule has 1 aromatic rings. The van der Waals surface area contributed by atoms with Gasteiger partial charge in [-0.15, -0.1) is 0 Å². The molecule has 144 valence electrons. The molecule has 0 unspecified atom stereocenters. The molecule has 3 N–H and O–H groups in total. The molecule has 1 amide bonds. The highest BCUT2D eigenvalue weighted by molar-refractivity contribution is 5.80. The third-order valence-electron chi connectivity index (χ3n) is 4.51. The number of amides is 1. The van der Waals surface area contributed by atoms with E-state index in [2.05, 4.69) is 0 Å². The Labute approximate surface area is 152 Å². The quantitative estimate of drug-likeness (QED) is 0.653. The normalized spacial score (nSPS) is 22.3. The van der Waals surface area contributed by atoms with Crippen molar-refractivity contribution in [1.29, 1.82) is 0 Å². The Hall–Kier alpha value is -2.45. The molecule has 1 aliphatic rings. The topological polar surface area (TPSA) is 118 Å². The molecule has 8 heteroatoms. The summed E-state index contributed by atoms with van der Waals surface area (Å²) in [7, 11) is 3.76. The molecule has 0 bridgehead atoms. The van der Waals surface area contributed by atoms with Gasteiger partial charge in [0.05, 0.1) is 12.5 Å². The molecule has 1 aliphatic heterocycles. The Morgan fingerprint density at radius 2 is 1.85 bits per heavy atom. The summed E-state index contributed by atoms with van der Waals surface area (Å²) in [6, 6.07) is 9.25.